The number of aromatic nitrogens is 2. The Morgan fingerprint density at radius 2 is 2.23 bits per heavy atom. The first-order valence-electron chi connectivity index (χ1n) is 3.51. The maximum atomic E-state index is 13.1. The molecular weight excluding hydrogens is 195 g/mol. The number of hydrogen-bond donors (Lipinski definition) is 1. The molecule has 0 aliphatic heterocycles. The molecule has 0 fully saturated rings. The van der Waals surface area contributed by atoms with Gasteiger partial charge in [-0.2, -0.15) is 0 Å². The van der Waals surface area contributed by atoms with E-state index in [-0.39, 0.29) is 16.1 Å². The van der Waals surface area contributed by atoms with E-state index in [2.05, 4.69) is 9.97 Å². The van der Waals surface area contributed by atoms with Crippen LogP contribution in [0.5, 0.6) is 0 Å². The molecule has 0 spiro atoms. The van der Waals surface area contributed by atoms with Crippen molar-refractivity contribution in [3.8, 4) is 0 Å². The van der Waals surface area contributed by atoms with E-state index in [4.69, 9.17) is 11.6 Å². The van der Waals surface area contributed by atoms with Crippen molar-refractivity contribution in [2.75, 3.05) is 0 Å². The second kappa shape index (κ2) is 2.81. The lowest BCUT2D eigenvalue weighted by Gasteiger charge is -1.97. The van der Waals surface area contributed by atoms with Gasteiger partial charge in [0, 0.05) is 5.02 Å². The number of fused-ring (bicyclic) bond motifs is 1. The van der Waals surface area contributed by atoms with Crippen LogP contribution in [0.2, 0.25) is 5.02 Å². The number of aromatic amines is 1. The second-order valence-corrected chi connectivity index (χ2v) is 2.97. The SMILES string of the molecule is O=c1cnc2c(F)cc(Cl)cc2[nH]1. The van der Waals surface area contributed by atoms with Gasteiger partial charge in [0.05, 0.1) is 11.7 Å². The van der Waals surface area contributed by atoms with Crippen LogP contribution in [0.4, 0.5) is 4.39 Å². The zero-order chi connectivity index (χ0) is 9.42. The molecule has 0 bridgehead atoms. The van der Waals surface area contributed by atoms with Crippen molar-refractivity contribution < 1.29 is 4.39 Å². The summed E-state index contributed by atoms with van der Waals surface area (Å²) in [4.78, 5) is 16.9. The molecule has 1 N–H and O–H groups in total. The van der Waals surface area contributed by atoms with Crippen molar-refractivity contribution in [1.29, 1.82) is 0 Å². The van der Waals surface area contributed by atoms with Crippen molar-refractivity contribution >= 4 is 22.6 Å². The quantitative estimate of drug-likeness (QED) is 0.701. The summed E-state index contributed by atoms with van der Waals surface area (Å²) in [7, 11) is 0. The highest BCUT2D eigenvalue weighted by atomic mass is 35.5. The Hall–Kier alpha value is -1.42. The lowest BCUT2D eigenvalue weighted by molar-refractivity contribution is 0.636. The molecule has 5 heteroatoms. The van der Waals surface area contributed by atoms with Crippen LogP contribution in [-0.4, -0.2) is 9.97 Å². The van der Waals surface area contributed by atoms with E-state index in [0.29, 0.717) is 5.52 Å². The van der Waals surface area contributed by atoms with E-state index in [1.807, 2.05) is 0 Å². The smallest absolute Gasteiger partial charge is 0.266 e. The zero-order valence-corrected chi connectivity index (χ0v) is 7.10. The van der Waals surface area contributed by atoms with Crippen molar-refractivity contribution in [1.82, 2.24) is 9.97 Å². The maximum absolute atomic E-state index is 13.1. The highest BCUT2D eigenvalue weighted by molar-refractivity contribution is 6.31. The van der Waals surface area contributed by atoms with E-state index in [0.717, 1.165) is 12.3 Å². The molecule has 2 rings (SSSR count). The summed E-state index contributed by atoms with van der Waals surface area (Å²) in [6.07, 6.45) is 1.03. The molecule has 66 valence electrons. The lowest BCUT2D eigenvalue weighted by atomic mass is 10.3. The van der Waals surface area contributed by atoms with Crippen LogP contribution in [0.3, 0.4) is 0 Å². The number of rotatable bonds is 0. The van der Waals surface area contributed by atoms with Crippen molar-refractivity contribution in [3.63, 3.8) is 0 Å². The summed E-state index contributed by atoms with van der Waals surface area (Å²) in [6, 6.07) is 2.60. The normalized spacial score (nSPS) is 10.6. The average molecular weight is 199 g/mol. The minimum absolute atomic E-state index is 0.115. The third-order valence-electron chi connectivity index (χ3n) is 1.60. The topological polar surface area (TPSA) is 45.8 Å². The van der Waals surface area contributed by atoms with Crippen LogP contribution in [-0.2, 0) is 0 Å². The first-order chi connectivity index (χ1) is 6.16. The van der Waals surface area contributed by atoms with Gasteiger partial charge in [-0.25, -0.2) is 9.37 Å². The standard InChI is InChI=1S/C8H4ClFN2O/c9-4-1-5(10)8-6(2-4)12-7(13)3-11-8/h1-3H,(H,12,13). The number of H-pyrrole nitrogens is 1. The Bertz CT molecular complexity index is 523. The molecule has 1 aromatic carbocycles. The van der Waals surface area contributed by atoms with Crippen molar-refractivity contribution in [2.45, 2.75) is 0 Å². The van der Waals surface area contributed by atoms with Crippen LogP contribution in [0, 0.1) is 5.82 Å². The van der Waals surface area contributed by atoms with Gasteiger partial charge < -0.3 is 4.98 Å². The van der Waals surface area contributed by atoms with Crippen LogP contribution < -0.4 is 5.56 Å². The van der Waals surface area contributed by atoms with Gasteiger partial charge in [0.15, 0.2) is 5.82 Å². The summed E-state index contributed by atoms with van der Waals surface area (Å²) in [5, 5.41) is 0.230. The monoisotopic (exact) mass is 198 g/mol. The predicted molar refractivity (Wildman–Crippen MR) is 47.3 cm³/mol. The third kappa shape index (κ3) is 1.40. The molecule has 0 unspecified atom stereocenters. The fourth-order valence-electron chi connectivity index (χ4n) is 1.08. The lowest BCUT2D eigenvalue weighted by Crippen LogP contribution is -2.05. The highest BCUT2D eigenvalue weighted by Gasteiger charge is 2.03. The molecule has 2 aromatic rings. The van der Waals surface area contributed by atoms with Crippen molar-refractivity contribution in [3.05, 3.63) is 39.5 Å². The van der Waals surface area contributed by atoms with Gasteiger partial charge in [-0.3, -0.25) is 4.79 Å². The Morgan fingerprint density at radius 3 is 3.00 bits per heavy atom. The number of hydrogen-bond acceptors (Lipinski definition) is 2. The van der Waals surface area contributed by atoms with E-state index < -0.39 is 5.82 Å². The molecule has 1 aromatic heterocycles. The minimum Gasteiger partial charge on any atom is -0.319 e. The van der Waals surface area contributed by atoms with Crippen LogP contribution in [0.1, 0.15) is 0 Å². The minimum atomic E-state index is -0.543. The molecule has 0 aliphatic carbocycles. The van der Waals surface area contributed by atoms with E-state index >= 15 is 0 Å². The fraction of sp³-hybridized carbons (Fsp3) is 0. The van der Waals surface area contributed by atoms with Gasteiger partial charge in [0.1, 0.15) is 5.52 Å². The number of nitrogens with one attached hydrogen (secondary N) is 1. The van der Waals surface area contributed by atoms with E-state index in [1.54, 1.807) is 0 Å². The van der Waals surface area contributed by atoms with E-state index in [9.17, 15) is 9.18 Å². The molecule has 0 saturated carbocycles. The number of benzene rings is 1. The Balaban J connectivity index is 2.94. The van der Waals surface area contributed by atoms with Crippen LogP contribution in [0.25, 0.3) is 11.0 Å². The Morgan fingerprint density at radius 1 is 1.46 bits per heavy atom. The molecule has 0 saturated heterocycles. The Labute approximate surface area is 77.2 Å². The molecule has 3 nitrogen and oxygen atoms in total. The van der Waals surface area contributed by atoms with Gasteiger partial charge in [-0.15, -0.1) is 0 Å². The maximum Gasteiger partial charge on any atom is 0.266 e. The second-order valence-electron chi connectivity index (χ2n) is 2.53. The third-order valence-corrected chi connectivity index (χ3v) is 1.82. The summed E-state index contributed by atoms with van der Waals surface area (Å²) < 4.78 is 13.1. The molecule has 0 radical (unpaired) electrons. The van der Waals surface area contributed by atoms with E-state index in [1.165, 1.54) is 6.07 Å². The van der Waals surface area contributed by atoms with Gasteiger partial charge in [0.25, 0.3) is 5.56 Å². The molecular formula is C8H4ClFN2O. The first kappa shape index (κ1) is 8.19. The molecule has 0 atom stereocenters. The van der Waals surface area contributed by atoms with Crippen LogP contribution in [0.15, 0.2) is 23.1 Å². The summed E-state index contributed by atoms with van der Waals surface area (Å²) in [5.74, 6) is -0.543. The average Bonchev–Trinajstić information content (AvgIpc) is 2.02. The fourth-order valence-corrected chi connectivity index (χ4v) is 1.29. The zero-order valence-electron chi connectivity index (χ0n) is 6.34. The summed E-state index contributed by atoms with van der Waals surface area (Å²) in [5.41, 5.74) is 0.0377. The summed E-state index contributed by atoms with van der Waals surface area (Å²) >= 11 is 5.59. The van der Waals surface area contributed by atoms with Crippen molar-refractivity contribution in [2.24, 2.45) is 0 Å². The molecule has 13 heavy (non-hydrogen) atoms. The molecule has 0 aliphatic rings. The molecule has 0 amide bonds. The van der Waals surface area contributed by atoms with Gasteiger partial charge in [0.2, 0.25) is 0 Å². The van der Waals surface area contributed by atoms with Gasteiger partial charge in [-0.1, -0.05) is 11.6 Å². The van der Waals surface area contributed by atoms with Gasteiger partial charge in [-0.05, 0) is 12.1 Å². The Kier molecular flexibility index (Phi) is 1.77. The van der Waals surface area contributed by atoms with Gasteiger partial charge >= 0.3 is 0 Å². The first-order valence-corrected chi connectivity index (χ1v) is 3.89. The number of halogens is 2. The van der Waals surface area contributed by atoms with Crippen LogP contribution >= 0.6 is 11.6 Å². The number of nitrogens with zero attached hydrogens (tertiary/aromatic N) is 1. The summed E-state index contributed by atoms with van der Waals surface area (Å²) in [6.45, 7) is 0. The molecule has 1 heterocycles. The predicted octanol–water partition coefficient (Wildman–Crippen LogP) is 1.72. The highest BCUT2D eigenvalue weighted by Crippen LogP contribution is 2.17. The largest absolute Gasteiger partial charge is 0.319 e.